The fourth-order valence-corrected chi connectivity index (χ4v) is 4.40. The Morgan fingerprint density at radius 2 is 1.83 bits per heavy atom. The van der Waals surface area contributed by atoms with Crippen molar-refractivity contribution in [1.82, 2.24) is 4.98 Å². The molecular formula is C26H24Cl2N2O5. The van der Waals surface area contributed by atoms with Gasteiger partial charge in [0.05, 0.1) is 35.0 Å². The molecular weight excluding hydrogens is 491 g/mol. The fraction of sp³-hybridized carbons (Fsp3) is 0.308. The van der Waals surface area contributed by atoms with Gasteiger partial charge in [-0.25, -0.2) is 9.59 Å². The van der Waals surface area contributed by atoms with E-state index in [9.17, 15) is 14.4 Å². The molecule has 0 saturated carbocycles. The number of pyridine rings is 1. The van der Waals surface area contributed by atoms with E-state index in [4.69, 9.17) is 39.1 Å². The summed E-state index contributed by atoms with van der Waals surface area (Å²) >= 11 is 12.7. The third-order valence-corrected chi connectivity index (χ3v) is 6.33. The van der Waals surface area contributed by atoms with Crippen molar-refractivity contribution < 1.29 is 23.9 Å². The molecule has 0 saturated heterocycles. The molecule has 2 aromatic rings. The van der Waals surface area contributed by atoms with E-state index in [-0.39, 0.29) is 34.4 Å². The Labute approximate surface area is 214 Å². The molecule has 0 N–H and O–H groups in total. The van der Waals surface area contributed by atoms with Gasteiger partial charge in [-0.3, -0.25) is 9.78 Å². The maximum absolute atomic E-state index is 14.0. The van der Waals surface area contributed by atoms with Crippen LogP contribution in [0.3, 0.4) is 0 Å². The van der Waals surface area contributed by atoms with Gasteiger partial charge in [-0.2, -0.15) is 0 Å². The number of methoxy groups -OCH3 is 1. The first-order valence-electron chi connectivity index (χ1n) is 10.9. The quantitative estimate of drug-likeness (QED) is 0.379. The molecule has 35 heavy (non-hydrogen) atoms. The minimum Gasteiger partial charge on any atom is -0.465 e. The predicted molar refractivity (Wildman–Crippen MR) is 133 cm³/mol. The Balaban J connectivity index is 2.16. The van der Waals surface area contributed by atoms with Crippen LogP contribution in [0.5, 0.6) is 0 Å². The molecule has 0 aliphatic heterocycles. The molecule has 1 aromatic carbocycles. The standard InChI is InChI=1S/C26H24Cl2N2O5/c1-4-11-35-26(33)19-8-6-5-7-18(19)24(31)30(15-17-14-29-10-9-16(17)2)23-12-20(25(32)34-3)21(27)13-22(23)28/h1,9-10,12-14H,5-8,11,15H2,2-3H3. The van der Waals surface area contributed by atoms with E-state index in [1.807, 2.05) is 13.0 Å². The highest BCUT2D eigenvalue weighted by Crippen LogP contribution is 2.36. The zero-order valence-corrected chi connectivity index (χ0v) is 20.9. The molecule has 0 spiro atoms. The van der Waals surface area contributed by atoms with Gasteiger partial charge in [0.25, 0.3) is 5.91 Å². The molecule has 1 aliphatic carbocycles. The zero-order valence-electron chi connectivity index (χ0n) is 19.4. The van der Waals surface area contributed by atoms with Crippen molar-refractivity contribution in [2.45, 2.75) is 39.2 Å². The number of amides is 1. The second-order valence-corrected chi connectivity index (χ2v) is 8.73. The second kappa shape index (κ2) is 11.9. The third-order valence-electron chi connectivity index (χ3n) is 5.71. The summed E-state index contributed by atoms with van der Waals surface area (Å²) in [5, 5.41) is 0.247. The number of halogens is 2. The van der Waals surface area contributed by atoms with Crippen molar-refractivity contribution in [2.24, 2.45) is 0 Å². The Bertz CT molecular complexity index is 1230. The molecule has 0 atom stereocenters. The van der Waals surface area contributed by atoms with E-state index < -0.39 is 17.8 Å². The lowest BCUT2D eigenvalue weighted by Gasteiger charge is -2.28. The number of carbonyl (C=O) groups excluding carboxylic acids is 3. The molecule has 1 heterocycles. The number of anilines is 1. The largest absolute Gasteiger partial charge is 0.465 e. The summed E-state index contributed by atoms with van der Waals surface area (Å²) < 4.78 is 9.95. The number of ether oxygens (including phenoxy) is 2. The first-order chi connectivity index (χ1) is 16.8. The normalized spacial score (nSPS) is 13.1. The van der Waals surface area contributed by atoms with Crippen LogP contribution in [0, 0.1) is 19.3 Å². The van der Waals surface area contributed by atoms with Crippen LogP contribution in [0.15, 0.2) is 41.7 Å². The van der Waals surface area contributed by atoms with Crippen molar-refractivity contribution in [3.63, 3.8) is 0 Å². The first-order valence-corrected chi connectivity index (χ1v) is 11.6. The molecule has 0 bridgehead atoms. The number of terminal acetylenes is 1. The molecule has 1 amide bonds. The maximum Gasteiger partial charge on any atom is 0.339 e. The van der Waals surface area contributed by atoms with E-state index in [2.05, 4.69) is 10.9 Å². The number of benzene rings is 1. The van der Waals surface area contributed by atoms with Crippen molar-refractivity contribution in [3.8, 4) is 12.3 Å². The molecule has 1 aliphatic rings. The van der Waals surface area contributed by atoms with Crippen LogP contribution < -0.4 is 4.90 Å². The van der Waals surface area contributed by atoms with Crippen molar-refractivity contribution in [3.05, 3.63) is 68.5 Å². The summed E-state index contributed by atoms with van der Waals surface area (Å²) in [6.45, 7) is 1.80. The molecule has 7 nitrogen and oxygen atoms in total. The average Bonchev–Trinajstić information content (AvgIpc) is 2.86. The smallest absolute Gasteiger partial charge is 0.339 e. The summed E-state index contributed by atoms with van der Waals surface area (Å²) in [4.78, 5) is 44.5. The Morgan fingerprint density at radius 1 is 1.11 bits per heavy atom. The number of carbonyl (C=O) groups is 3. The van der Waals surface area contributed by atoms with E-state index in [0.29, 0.717) is 24.0 Å². The first kappa shape index (κ1) is 26.3. The monoisotopic (exact) mass is 514 g/mol. The predicted octanol–water partition coefficient (Wildman–Crippen LogP) is 5.06. The lowest BCUT2D eigenvalue weighted by atomic mass is 9.90. The van der Waals surface area contributed by atoms with Crippen LogP contribution in [-0.4, -0.2) is 36.5 Å². The summed E-state index contributed by atoms with van der Waals surface area (Å²) in [5.41, 5.74) is 2.59. The molecule has 9 heteroatoms. The van der Waals surface area contributed by atoms with E-state index in [1.165, 1.54) is 24.1 Å². The van der Waals surface area contributed by atoms with Gasteiger partial charge in [0.2, 0.25) is 0 Å². The molecule has 182 valence electrons. The summed E-state index contributed by atoms with van der Waals surface area (Å²) in [6, 6.07) is 4.63. The van der Waals surface area contributed by atoms with Crippen molar-refractivity contribution in [1.29, 1.82) is 0 Å². The van der Waals surface area contributed by atoms with E-state index in [1.54, 1.807) is 12.4 Å². The second-order valence-electron chi connectivity index (χ2n) is 7.91. The van der Waals surface area contributed by atoms with Crippen LogP contribution in [0.1, 0.15) is 47.2 Å². The molecule has 1 aromatic heterocycles. The van der Waals surface area contributed by atoms with Crippen molar-refractivity contribution in [2.75, 3.05) is 18.6 Å². The SMILES string of the molecule is C#CCOC(=O)C1=C(C(=O)N(Cc2cnccc2C)c2cc(C(=O)OC)c(Cl)cc2Cl)CCCC1. The topological polar surface area (TPSA) is 85.8 Å². The zero-order chi connectivity index (χ0) is 25.5. The molecule has 3 rings (SSSR count). The highest BCUT2D eigenvalue weighted by atomic mass is 35.5. The number of aryl methyl sites for hydroxylation is 1. The van der Waals surface area contributed by atoms with Gasteiger partial charge >= 0.3 is 11.9 Å². The minimum atomic E-state index is -0.673. The van der Waals surface area contributed by atoms with Gasteiger partial charge in [-0.1, -0.05) is 29.1 Å². The third kappa shape index (κ3) is 6.02. The highest BCUT2D eigenvalue weighted by Gasteiger charge is 2.31. The van der Waals surface area contributed by atoms with E-state index >= 15 is 0 Å². The van der Waals surface area contributed by atoms with Gasteiger partial charge in [0.15, 0.2) is 6.61 Å². The molecule has 0 fully saturated rings. The summed E-state index contributed by atoms with van der Waals surface area (Å²) in [7, 11) is 1.23. The lowest BCUT2D eigenvalue weighted by molar-refractivity contribution is -0.138. The molecule has 0 unspecified atom stereocenters. The van der Waals surface area contributed by atoms with Crippen molar-refractivity contribution >= 4 is 46.7 Å². The fourth-order valence-electron chi connectivity index (χ4n) is 3.83. The van der Waals surface area contributed by atoms with Gasteiger partial charge < -0.3 is 14.4 Å². The van der Waals surface area contributed by atoms with Gasteiger partial charge in [0, 0.05) is 23.5 Å². The van der Waals surface area contributed by atoms with Crippen LogP contribution in [0.25, 0.3) is 0 Å². The summed E-state index contributed by atoms with van der Waals surface area (Å²) in [6.07, 6.45) is 10.8. The number of rotatable bonds is 7. The van der Waals surface area contributed by atoms with Crippen LogP contribution in [-0.2, 0) is 25.6 Å². The Hall–Kier alpha value is -3.34. The van der Waals surface area contributed by atoms with Gasteiger partial charge in [-0.15, -0.1) is 6.42 Å². The number of aromatic nitrogens is 1. The number of esters is 2. The van der Waals surface area contributed by atoms with Crippen LogP contribution in [0.4, 0.5) is 5.69 Å². The van der Waals surface area contributed by atoms with Gasteiger partial charge in [-0.05, 0) is 61.9 Å². The summed E-state index contributed by atoms with van der Waals surface area (Å²) in [5.74, 6) is 0.550. The number of hydrogen-bond donors (Lipinski definition) is 0. The Morgan fingerprint density at radius 3 is 2.49 bits per heavy atom. The minimum absolute atomic E-state index is 0.0561. The van der Waals surface area contributed by atoms with E-state index in [0.717, 1.165) is 24.0 Å². The van der Waals surface area contributed by atoms with Gasteiger partial charge in [0.1, 0.15) is 0 Å². The van der Waals surface area contributed by atoms with Crippen LogP contribution in [0.2, 0.25) is 10.0 Å². The number of nitrogens with zero attached hydrogens (tertiary/aromatic N) is 2. The maximum atomic E-state index is 14.0. The lowest BCUT2D eigenvalue weighted by Crippen LogP contribution is -2.34. The van der Waals surface area contributed by atoms with Crippen LogP contribution >= 0.6 is 23.2 Å². The number of hydrogen-bond acceptors (Lipinski definition) is 6. The molecule has 0 radical (unpaired) electrons. The average molecular weight is 515 g/mol. The highest BCUT2D eigenvalue weighted by molar-refractivity contribution is 6.38. The Kier molecular flexibility index (Phi) is 8.91.